The highest BCUT2D eigenvalue weighted by molar-refractivity contribution is 7.93. The van der Waals surface area contributed by atoms with Crippen LogP contribution in [0.4, 0.5) is 54.5 Å². The van der Waals surface area contributed by atoms with Crippen LogP contribution in [0, 0.1) is 48.2 Å². The van der Waals surface area contributed by atoms with Crippen molar-refractivity contribution in [2.45, 2.75) is 87.7 Å². The number of nitrogens with one attached hydrogen (secondary N) is 1. The van der Waals surface area contributed by atoms with Crippen molar-refractivity contribution in [1.82, 2.24) is 34.8 Å². The van der Waals surface area contributed by atoms with E-state index in [4.69, 9.17) is 0 Å². The minimum absolute atomic E-state index is 0.102. The number of sulfonamides is 1. The number of alkyl halides is 8. The Balaban J connectivity index is 1.50. The van der Waals surface area contributed by atoms with E-state index in [1.165, 1.54) is 26.8 Å². The first kappa shape index (κ1) is 57.0. The van der Waals surface area contributed by atoms with E-state index < -0.39 is 173 Å². The molecule has 5 aromatic rings. The number of halogens is 10. The third kappa shape index (κ3) is 11.2. The molecule has 3 aromatic heterocycles. The van der Waals surface area contributed by atoms with E-state index in [-0.39, 0.29) is 41.0 Å². The Kier molecular flexibility index (Phi) is 14.6. The maximum atomic E-state index is 15.8. The molecule has 0 fully saturated rings. The Morgan fingerprint density at radius 3 is 2.06 bits per heavy atom. The summed E-state index contributed by atoms with van der Waals surface area (Å²) in [6.45, 7) is 0.173. The molecule has 2 aliphatic carbocycles. The van der Waals surface area contributed by atoms with E-state index in [1.54, 1.807) is 0 Å². The third-order valence-corrected chi connectivity index (χ3v) is 15.4. The lowest BCUT2D eigenvalue weighted by Gasteiger charge is -2.28. The van der Waals surface area contributed by atoms with Crippen LogP contribution in [0.1, 0.15) is 71.7 Å². The summed E-state index contributed by atoms with van der Waals surface area (Å²) in [4.78, 5) is 56.8. The number of carbonyl (C=O) groups excluding carboxylic acids is 2. The van der Waals surface area contributed by atoms with Gasteiger partial charge in [-0.25, -0.2) is 40.2 Å². The molecule has 2 aliphatic rings. The number of carbonyl (C=O) groups is 4. The van der Waals surface area contributed by atoms with Gasteiger partial charge in [-0.15, -0.1) is 0 Å². The minimum atomic E-state index is -5.33. The first-order chi connectivity index (χ1) is 35.3. The number of carboxylic acids is 2. The molecule has 3 N–H and O–H groups in total. The van der Waals surface area contributed by atoms with E-state index in [0.29, 0.717) is 19.4 Å². The van der Waals surface area contributed by atoms with Crippen molar-refractivity contribution in [3.8, 4) is 34.8 Å². The second kappa shape index (κ2) is 19.7. The summed E-state index contributed by atoms with van der Waals surface area (Å²) in [5, 5.41) is 28.3. The van der Waals surface area contributed by atoms with Gasteiger partial charge in [0.15, 0.2) is 21.3 Å². The first-order valence-corrected chi connectivity index (χ1v) is 25.9. The number of aliphatic carboxylic acids is 2. The van der Waals surface area contributed by atoms with Crippen molar-refractivity contribution >= 4 is 60.5 Å². The molecule has 0 spiro atoms. The smallest absolute Gasteiger partial charge is 0.435 e. The summed E-state index contributed by atoms with van der Waals surface area (Å²) in [7, 11) is -8.34. The van der Waals surface area contributed by atoms with Gasteiger partial charge in [-0.1, -0.05) is 29.9 Å². The van der Waals surface area contributed by atoms with Crippen LogP contribution in [0.2, 0.25) is 0 Å². The van der Waals surface area contributed by atoms with E-state index >= 15 is 8.78 Å². The van der Waals surface area contributed by atoms with Crippen LogP contribution in [0.15, 0.2) is 42.5 Å². The van der Waals surface area contributed by atoms with Gasteiger partial charge >= 0.3 is 36.2 Å². The summed E-state index contributed by atoms with van der Waals surface area (Å²) in [6, 6.07) is 0.538. The quantitative estimate of drug-likeness (QED) is 0.0770. The Labute approximate surface area is 430 Å². The van der Waals surface area contributed by atoms with Gasteiger partial charge in [-0.05, 0) is 68.5 Å². The standard InChI is InChI=1S/C47H40F10N8O10S2/c1-22-7-9-28(38-35(22)41(61-64(38)21-45(50,51)52)65(77(6,74)75)43(71)62(4)32(42(69)70)19-34(67)68)27-10-8-26(13-14-44(2,3)76(5,72)73)58-37(27)31(17-23-15-24(48)18-25(49)16-23)59-33(66)20-63-40-36(39(60-63)47(55,56)57)29-11-12-30(29)46(40,53)54/h7-10,15-16,18,29-32H,17,19-21H2,1-6H3,(H,59,66)(H,67,68)(H,69,70)/t29-,30+,31-,32-/m0/s1. The fraction of sp³-hybridized carbons (Fsp3) is 0.383. The Bertz CT molecular complexity index is 3670. The molecular weight excluding hydrogens is 1090 g/mol. The van der Waals surface area contributed by atoms with Crippen LogP contribution in [-0.4, -0.2) is 117 Å². The Morgan fingerprint density at radius 1 is 0.909 bits per heavy atom. The van der Waals surface area contributed by atoms with Gasteiger partial charge in [0, 0.05) is 41.4 Å². The molecule has 3 heterocycles. The number of amides is 3. The van der Waals surface area contributed by atoms with Gasteiger partial charge < -0.3 is 20.4 Å². The van der Waals surface area contributed by atoms with Crippen LogP contribution in [0.3, 0.4) is 0 Å². The highest BCUT2D eigenvalue weighted by Gasteiger charge is 2.62. The molecule has 0 bridgehead atoms. The molecule has 2 aromatic carbocycles. The molecule has 0 aliphatic heterocycles. The summed E-state index contributed by atoms with van der Waals surface area (Å²) >= 11 is 0. The van der Waals surface area contributed by atoms with Gasteiger partial charge in [-0.2, -0.15) is 49.6 Å². The van der Waals surface area contributed by atoms with Gasteiger partial charge in [-0.3, -0.25) is 19.0 Å². The molecule has 0 radical (unpaired) electrons. The van der Waals surface area contributed by atoms with Crippen LogP contribution in [0.25, 0.3) is 22.0 Å². The molecule has 0 unspecified atom stereocenters. The Morgan fingerprint density at radius 2 is 1.53 bits per heavy atom. The number of pyridine rings is 1. The zero-order valence-corrected chi connectivity index (χ0v) is 42.2. The fourth-order valence-electron chi connectivity index (χ4n) is 8.61. The van der Waals surface area contributed by atoms with Crippen molar-refractivity contribution in [3.05, 3.63) is 93.6 Å². The maximum absolute atomic E-state index is 15.8. The largest absolute Gasteiger partial charge is 0.481 e. The van der Waals surface area contributed by atoms with E-state index in [1.807, 2.05) is 0 Å². The lowest BCUT2D eigenvalue weighted by Crippen LogP contribution is -2.51. The van der Waals surface area contributed by atoms with Crippen LogP contribution >= 0.6 is 0 Å². The predicted molar refractivity (Wildman–Crippen MR) is 250 cm³/mol. The number of aryl methyl sites for hydroxylation is 1. The highest BCUT2D eigenvalue weighted by Crippen LogP contribution is 2.58. The molecule has 0 saturated carbocycles. The highest BCUT2D eigenvalue weighted by atomic mass is 32.2. The van der Waals surface area contributed by atoms with E-state index in [0.717, 1.165) is 36.6 Å². The number of hydrogen-bond donors (Lipinski definition) is 3. The van der Waals surface area contributed by atoms with Gasteiger partial charge in [0.1, 0.15) is 52.8 Å². The number of nitrogens with zero attached hydrogens (tertiary/aromatic N) is 7. The van der Waals surface area contributed by atoms with Gasteiger partial charge in [0.25, 0.3) is 0 Å². The third-order valence-electron chi connectivity index (χ3n) is 12.5. The Hall–Kier alpha value is -7.73. The number of sulfone groups is 1. The summed E-state index contributed by atoms with van der Waals surface area (Å²) in [6.07, 6.45) is -11.4. The van der Waals surface area contributed by atoms with Crippen molar-refractivity contribution in [1.29, 1.82) is 0 Å². The number of likely N-dealkylation sites (N-methyl/N-ethyl adjacent to an activating group) is 1. The maximum Gasteiger partial charge on any atom is 0.435 e. The van der Waals surface area contributed by atoms with E-state index in [9.17, 15) is 81.4 Å². The summed E-state index contributed by atoms with van der Waals surface area (Å²) in [5.74, 6) is -6.73. The minimum Gasteiger partial charge on any atom is -0.481 e. The zero-order valence-electron chi connectivity index (χ0n) is 40.6. The predicted octanol–water partition coefficient (Wildman–Crippen LogP) is 6.31. The lowest BCUT2D eigenvalue weighted by molar-refractivity contribution is -0.148. The summed E-state index contributed by atoms with van der Waals surface area (Å²) < 4.78 is 199. The number of anilines is 1. The number of aromatic nitrogens is 5. The average Bonchev–Trinajstić information content (AvgIpc) is 3.85. The topological polar surface area (TPSA) is 244 Å². The fourth-order valence-corrected chi connectivity index (χ4v) is 9.70. The number of carboxylic acid groups (broad SMARTS) is 2. The van der Waals surface area contributed by atoms with Gasteiger partial charge in [0.2, 0.25) is 15.9 Å². The zero-order chi connectivity index (χ0) is 57.4. The number of urea groups is 1. The number of fused-ring (bicyclic) bond motifs is 4. The molecular formula is C47H40F10N8O10S2. The van der Waals surface area contributed by atoms with Crippen molar-refractivity contribution < 1.29 is 90.1 Å². The molecule has 3 amide bonds. The molecule has 0 saturated heterocycles. The summed E-state index contributed by atoms with van der Waals surface area (Å²) in [5.41, 5.74) is -6.82. The van der Waals surface area contributed by atoms with Crippen LogP contribution in [-0.2, 0) is 65.9 Å². The van der Waals surface area contributed by atoms with Crippen molar-refractivity contribution in [2.75, 3.05) is 23.9 Å². The first-order valence-electron chi connectivity index (χ1n) is 22.2. The number of benzene rings is 2. The van der Waals surface area contributed by atoms with Crippen LogP contribution in [0.5, 0.6) is 0 Å². The number of hydrogen-bond acceptors (Lipinski definition) is 11. The molecule has 4 atom stereocenters. The van der Waals surface area contributed by atoms with Crippen molar-refractivity contribution in [2.24, 2.45) is 5.92 Å². The second-order valence-electron chi connectivity index (χ2n) is 18.5. The van der Waals surface area contributed by atoms with E-state index in [2.05, 4.69) is 44.2 Å². The molecule has 7 rings (SSSR count). The molecule has 410 valence electrons. The molecule has 30 heteroatoms. The van der Waals surface area contributed by atoms with Crippen molar-refractivity contribution in [3.63, 3.8) is 0 Å². The average molecular weight is 1130 g/mol. The second-order valence-corrected chi connectivity index (χ2v) is 22.9. The lowest BCUT2D eigenvalue weighted by atomic mass is 9.84. The number of rotatable bonds is 15. The SMILES string of the molecule is Cc1ccc(-c2ccc(C#CC(C)(C)S(C)(=O)=O)nc2[C@H](Cc2cc(F)cc(F)c2)NC(=O)Cn2nc(C(F)(F)F)c3c2C(F)(F)[C@@H]2C#C[C@H]32)c2c1c(N(C(=O)N(C)[C@@H](CC(=O)O)C(=O)O)S(C)(=O)=O)nn2CC(F)(F)F. The van der Waals surface area contributed by atoms with Gasteiger partial charge in [0.05, 0.1) is 35.8 Å². The normalized spacial score (nSPS) is 16.7. The molecule has 77 heavy (non-hydrogen) atoms. The monoisotopic (exact) mass is 1130 g/mol. The van der Waals surface area contributed by atoms with Crippen LogP contribution < -0.4 is 9.62 Å². The molecule has 18 nitrogen and oxygen atoms in total.